The van der Waals surface area contributed by atoms with Gasteiger partial charge in [-0.2, -0.15) is 5.26 Å². The fourth-order valence-electron chi connectivity index (χ4n) is 3.33. The van der Waals surface area contributed by atoms with Crippen LogP contribution in [0, 0.1) is 23.2 Å². The summed E-state index contributed by atoms with van der Waals surface area (Å²) in [5.74, 6) is 0.900. The molecular formula is C15H26N2O. The van der Waals surface area contributed by atoms with Crippen molar-refractivity contribution < 1.29 is 5.11 Å². The summed E-state index contributed by atoms with van der Waals surface area (Å²) in [7, 11) is 0. The first kappa shape index (κ1) is 13.8. The lowest BCUT2D eigenvalue weighted by Crippen LogP contribution is -2.49. The van der Waals surface area contributed by atoms with Crippen LogP contribution in [0.25, 0.3) is 0 Å². The number of hydrogen-bond acceptors (Lipinski definition) is 3. The second kappa shape index (κ2) is 6.04. The molecule has 0 heterocycles. The van der Waals surface area contributed by atoms with Crippen molar-refractivity contribution in [3.05, 3.63) is 0 Å². The number of nitrogens with zero attached hydrogens (tertiary/aromatic N) is 1. The maximum absolute atomic E-state index is 10.5. The van der Waals surface area contributed by atoms with Crippen molar-refractivity contribution in [1.82, 2.24) is 5.32 Å². The molecule has 0 aromatic rings. The molecule has 2 N–H and O–H groups in total. The van der Waals surface area contributed by atoms with E-state index in [-0.39, 0.29) is 5.92 Å². The van der Waals surface area contributed by atoms with Gasteiger partial charge in [0.05, 0.1) is 17.6 Å². The van der Waals surface area contributed by atoms with E-state index in [0.717, 1.165) is 44.4 Å². The first-order valence-corrected chi connectivity index (χ1v) is 7.48. The molecule has 3 heteroatoms. The zero-order valence-corrected chi connectivity index (χ0v) is 11.5. The van der Waals surface area contributed by atoms with Gasteiger partial charge in [0.1, 0.15) is 0 Å². The molecule has 0 radical (unpaired) electrons. The van der Waals surface area contributed by atoms with Crippen molar-refractivity contribution in [2.75, 3.05) is 6.54 Å². The summed E-state index contributed by atoms with van der Waals surface area (Å²) >= 11 is 0. The molecule has 0 spiro atoms. The van der Waals surface area contributed by atoms with Crippen LogP contribution in [-0.2, 0) is 0 Å². The van der Waals surface area contributed by atoms with Gasteiger partial charge in [-0.3, -0.25) is 0 Å². The smallest absolute Gasteiger partial charge is 0.0771 e. The molecule has 0 aromatic carbocycles. The predicted octanol–water partition coefficient (Wildman–Crippen LogP) is 2.60. The van der Waals surface area contributed by atoms with Crippen LogP contribution in [0.1, 0.15) is 58.3 Å². The fourth-order valence-corrected chi connectivity index (χ4v) is 3.33. The van der Waals surface area contributed by atoms with Crippen molar-refractivity contribution in [2.24, 2.45) is 11.8 Å². The number of nitriles is 1. The molecule has 2 saturated carbocycles. The molecule has 2 aliphatic rings. The average molecular weight is 250 g/mol. The molecule has 2 atom stereocenters. The Balaban J connectivity index is 1.81. The molecule has 102 valence electrons. The normalized spacial score (nSPS) is 41.3. The summed E-state index contributed by atoms with van der Waals surface area (Å²) < 4.78 is 0. The van der Waals surface area contributed by atoms with Gasteiger partial charge in [0.15, 0.2) is 0 Å². The topological polar surface area (TPSA) is 56.0 Å². The zero-order chi connectivity index (χ0) is 13.0. The van der Waals surface area contributed by atoms with Gasteiger partial charge in [-0.1, -0.05) is 19.8 Å². The Morgan fingerprint density at radius 3 is 2.56 bits per heavy atom. The van der Waals surface area contributed by atoms with Gasteiger partial charge in [-0.05, 0) is 44.4 Å². The van der Waals surface area contributed by atoms with Crippen molar-refractivity contribution in [3.8, 4) is 6.07 Å². The Morgan fingerprint density at radius 1 is 1.22 bits per heavy atom. The molecule has 0 amide bonds. The molecule has 2 rings (SSSR count). The maximum atomic E-state index is 10.5. The monoisotopic (exact) mass is 250 g/mol. The molecule has 2 aliphatic carbocycles. The van der Waals surface area contributed by atoms with E-state index >= 15 is 0 Å². The Labute approximate surface area is 111 Å². The number of nitrogens with one attached hydrogen (secondary N) is 1. The largest absolute Gasteiger partial charge is 0.389 e. The number of rotatable bonds is 3. The average Bonchev–Trinajstić information content (AvgIpc) is 2.41. The molecular weight excluding hydrogens is 224 g/mol. The van der Waals surface area contributed by atoms with Crippen molar-refractivity contribution >= 4 is 0 Å². The maximum Gasteiger partial charge on any atom is 0.0771 e. The fraction of sp³-hybridized carbons (Fsp3) is 0.933. The van der Waals surface area contributed by atoms with Crippen LogP contribution in [0.2, 0.25) is 0 Å². The second-order valence-corrected chi connectivity index (χ2v) is 6.41. The zero-order valence-electron chi connectivity index (χ0n) is 11.5. The van der Waals surface area contributed by atoms with Crippen molar-refractivity contribution in [2.45, 2.75) is 69.9 Å². The summed E-state index contributed by atoms with van der Waals surface area (Å²) in [6.45, 7) is 2.93. The van der Waals surface area contributed by atoms with Crippen molar-refractivity contribution in [3.63, 3.8) is 0 Å². The molecule has 18 heavy (non-hydrogen) atoms. The Bertz CT molecular complexity index is 302. The number of hydrogen-bond donors (Lipinski definition) is 2. The molecule has 0 aliphatic heterocycles. The summed E-state index contributed by atoms with van der Waals surface area (Å²) in [5, 5.41) is 23.2. The lowest BCUT2D eigenvalue weighted by Gasteiger charge is -2.37. The highest BCUT2D eigenvalue weighted by Crippen LogP contribution is 2.32. The van der Waals surface area contributed by atoms with Gasteiger partial charge < -0.3 is 10.4 Å². The highest BCUT2D eigenvalue weighted by atomic mass is 16.3. The quantitative estimate of drug-likeness (QED) is 0.809. The minimum Gasteiger partial charge on any atom is -0.389 e. The van der Waals surface area contributed by atoms with Gasteiger partial charge in [0.2, 0.25) is 0 Å². The molecule has 3 nitrogen and oxygen atoms in total. The summed E-state index contributed by atoms with van der Waals surface area (Å²) in [5.41, 5.74) is -0.524. The van der Waals surface area contributed by atoms with E-state index < -0.39 is 5.60 Å². The Morgan fingerprint density at radius 2 is 1.89 bits per heavy atom. The van der Waals surface area contributed by atoms with E-state index in [1.165, 1.54) is 12.8 Å². The summed E-state index contributed by atoms with van der Waals surface area (Å²) in [4.78, 5) is 0. The molecule has 2 unspecified atom stereocenters. The van der Waals surface area contributed by atoms with Crippen LogP contribution in [0.15, 0.2) is 0 Å². The van der Waals surface area contributed by atoms with E-state index in [2.05, 4.69) is 18.3 Å². The van der Waals surface area contributed by atoms with E-state index in [1.807, 2.05) is 0 Å². The predicted molar refractivity (Wildman–Crippen MR) is 71.9 cm³/mol. The van der Waals surface area contributed by atoms with Crippen LogP contribution in [0.5, 0.6) is 0 Å². The van der Waals surface area contributed by atoms with Crippen LogP contribution in [0.3, 0.4) is 0 Å². The molecule has 2 fully saturated rings. The molecule has 0 bridgehead atoms. The van der Waals surface area contributed by atoms with Gasteiger partial charge in [-0.25, -0.2) is 0 Å². The number of aliphatic hydroxyl groups is 1. The highest BCUT2D eigenvalue weighted by Gasteiger charge is 2.33. The van der Waals surface area contributed by atoms with E-state index in [0.29, 0.717) is 12.6 Å². The van der Waals surface area contributed by atoms with Crippen LogP contribution >= 0.6 is 0 Å². The van der Waals surface area contributed by atoms with E-state index in [1.54, 1.807) is 0 Å². The lowest BCUT2D eigenvalue weighted by molar-refractivity contribution is -0.00992. The third-order valence-corrected chi connectivity index (χ3v) is 4.83. The highest BCUT2D eigenvalue weighted by molar-refractivity contribution is 4.96. The standard InChI is InChI=1S/C15H26N2O/c1-12-6-8-15(18,9-7-12)11-17-14-5-3-2-4-13(14)10-16/h12-14,17-18H,2-9,11H2,1H3. The van der Waals surface area contributed by atoms with Gasteiger partial charge in [0, 0.05) is 12.6 Å². The SMILES string of the molecule is CC1CCC(O)(CNC2CCCCC2C#N)CC1. The van der Waals surface area contributed by atoms with Crippen LogP contribution in [-0.4, -0.2) is 23.3 Å². The minimum atomic E-state index is -0.524. The summed E-state index contributed by atoms with van der Waals surface area (Å²) in [6.07, 6.45) is 8.57. The Kier molecular flexibility index (Phi) is 4.64. The first-order chi connectivity index (χ1) is 8.63. The third kappa shape index (κ3) is 3.46. The van der Waals surface area contributed by atoms with Crippen LogP contribution < -0.4 is 5.32 Å². The van der Waals surface area contributed by atoms with E-state index in [4.69, 9.17) is 5.26 Å². The third-order valence-electron chi connectivity index (χ3n) is 4.83. The molecule has 0 aromatic heterocycles. The van der Waals surface area contributed by atoms with Crippen LogP contribution in [0.4, 0.5) is 0 Å². The minimum absolute atomic E-state index is 0.143. The first-order valence-electron chi connectivity index (χ1n) is 7.48. The van der Waals surface area contributed by atoms with Gasteiger partial charge in [-0.15, -0.1) is 0 Å². The van der Waals surface area contributed by atoms with Crippen molar-refractivity contribution in [1.29, 1.82) is 5.26 Å². The second-order valence-electron chi connectivity index (χ2n) is 6.41. The summed E-state index contributed by atoms with van der Waals surface area (Å²) in [6, 6.07) is 2.72. The molecule has 0 saturated heterocycles. The lowest BCUT2D eigenvalue weighted by atomic mass is 9.79. The van der Waals surface area contributed by atoms with Gasteiger partial charge >= 0.3 is 0 Å². The van der Waals surface area contributed by atoms with E-state index in [9.17, 15) is 5.11 Å². The van der Waals surface area contributed by atoms with Gasteiger partial charge in [0.25, 0.3) is 0 Å². The Hall–Kier alpha value is -0.590.